The van der Waals surface area contributed by atoms with Gasteiger partial charge in [0.2, 0.25) is 0 Å². The molecule has 1 aromatic heterocycles. The van der Waals surface area contributed by atoms with Crippen LogP contribution in [0.2, 0.25) is 5.02 Å². The highest BCUT2D eigenvalue weighted by molar-refractivity contribution is 9.10. The minimum atomic E-state index is -0.902. The van der Waals surface area contributed by atoms with Crippen LogP contribution in [0.1, 0.15) is 19.9 Å². The van der Waals surface area contributed by atoms with Crippen LogP contribution in [0.15, 0.2) is 22.7 Å². The molecule has 2 rings (SSSR count). The molecule has 0 aliphatic carbocycles. The van der Waals surface area contributed by atoms with Crippen LogP contribution >= 0.6 is 27.5 Å². The quantitative estimate of drug-likeness (QED) is 0.907. The number of carboxylic acids is 1. The van der Waals surface area contributed by atoms with Crippen molar-refractivity contribution in [3.05, 3.63) is 27.7 Å². The van der Waals surface area contributed by atoms with E-state index in [2.05, 4.69) is 31.5 Å². The summed E-state index contributed by atoms with van der Waals surface area (Å²) < 4.78 is 2.32. The summed E-state index contributed by atoms with van der Waals surface area (Å²) in [5.41, 5.74) is 0.657. The average molecular weight is 360 g/mol. The molecule has 2 atom stereocenters. The number of nitrogens with zero attached hydrogens (tertiary/aromatic N) is 4. The first-order chi connectivity index (χ1) is 9.41. The van der Waals surface area contributed by atoms with Gasteiger partial charge in [-0.2, -0.15) is 0 Å². The van der Waals surface area contributed by atoms with Crippen molar-refractivity contribution in [1.82, 2.24) is 20.2 Å². The van der Waals surface area contributed by atoms with Crippen LogP contribution in [0.25, 0.3) is 11.4 Å². The molecule has 0 radical (unpaired) electrons. The van der Waals surface area contributed by atoms with E-state index in [1.807, 2.05) is 6.07 Å². The van der Waals surface area contributed by atoms with Crippen molar-refractivity contribution in [1.29, 1.82) is 0 Å². The van der Waals surface area contributed by atoms with Gasteiger partial charge in [-0.1, -0.05) is 27.5 Å². The molecule has 0 amide bonds. The van der Waals surface area contributed by atoms with Gasteiger partial charge >= 0.3 is 5.97 Å². The Kier molecular flexibility index (Phi) is 4.39. The second-order valence-electron chi connectivity index (χ2n) is 4.44. The third-order valence-electron chi connectivity index (χ3n) is 3.16. The molecule has 106 valence electrons. The van der Waals surface area contributed by atoms with E-state index in [-0.39, 0.29) is 0 Å². The minimum absolute atomic E-state index is 0.391. The molecule has 0 fully saturated rings. The van der Waals surface area contributed by atoms with Gasteiger partial charge in [-0.05, 0) is 42.5 Å². The molecule has 1 N–H and O–H groups in total. The Bertz CT molecular complexity index is 646. The smallest absolute Gasteiger partial charge is 0.308 e. The second-order valence-corrected chi connectivity index (χ2v) is 5.76. The number of hydrogen-bond acceptors (Lipinski definition) is 4. The first-order valence-corrected chi connectivity index (χ1v) is 7.05. The van der Waals surface area contributed by atoms with Gasteiger partial charge in [-0.15, -0.1) is 5.10 Å². The number of rotatable bonds is 4. The molecule has 0 aliphatic heterocycles. The number of halogens is 2. The van der Waals surface area contributed by atoms with Crippen LogP contribution in [0.3, 0.4) is 0 Å². The summed E-state index contributed by atoms with van der Waals surface area (Å²) in [6, 6.07) is 4.96. The molecule has 2 unspecified atom stereocenters. The van der Waals surface area contributed by atoms with Crippen molar-refractivity contribution >= 4 is 33.5 Å². The van der Waals surface area contributed by atoms with Crippen LogP contribution in [-0.2, 0) is 4.79 Å². The van der Waals surface area contributed by atoms with Crippen molar-refractivity contribution in [2.45, 2.75) is 19.9 Å². The van der Waals surface area contributed by atoms with Crippen LogP contribution in [-0.4, -0.2) is 31.3 Å². The van der Waals surface area contributed by atoms with Crippen LogP contribution in [0.4, 0.5) is 0 Å². The molecule has 8 heteroatoms. The van der Waals surface area contributed by atoms with E-state index in [0.717, 1.165) is 4.47 Å². The van der Waals surface area contributed by atoms with E-state index in [4.69, 9.17) is 16.7 Å². The maximum Gasteiger partial charge on any atom is 0.308 e. The SMILES string of the molecule is CC(C(=O)O)C(C)n1nnnc1-c1ccc(Br)cc1Cl. The highest BCUT2D eigenvalue weighted by Gasteiger charge is 2.25. The van der Waals surface area contributed by atoms with Gasteiger partial charge in [-0.3, -0.25) is 4.79 Å². The van der Waals surface area contributed by atoms with Gasteiger partial charge < -0.3 is 5.11 Å². The summed E-state index contributed by atoms with van der Waals surface area (Å²) in [5, 5.41) is 21.0. The highest BCUT2D eigenvalue weighted by Crippen LogP contribution is 2.31. The molecule has 0 saturated heterocycles. The summed E-state index contributed by atoms with van der Waals surface area (Å²) in [6.45, 7) is 3.37. The van der Waals surface area contributed by atoms with E-state index in [1.165, 1.54) is 4.68 Å². The van der Waals surface area contributed by atoms with Gasteiger partial charge in [-0.25, -0.2) is 4.68 Å². The lowest BCUT2D eigenvalue weighted by Gasteiger charge is -2.17. The molecule has 6 nitrogen and oxygen atoms in total. The molecule has 1 aromatic carbocycles. The fourth-order valence-corrected chi connectivity index (χ4v) is 2.49. The second kappa shape index (κ2) is 5.88. The van der Waals surface area contributed by atoms with Crippen molar-refractivity contribution in [3.8, 4) is 11.4 Å². The Morgan fingerprint density at radius 3 is 2.75 bits per heavy atom. The summed E-state index contributed by atoms with van der Waals surface area (Å²) in [7, 11) is 0. The first kappa shape index (κ1) is 14.9. The zero-order valence-corrected chi connectivity index (χ0v) is 13.1. The van der Waals surface area contributed by atoms with E-state index < -0.39 is 17.9 Å². The van der Waals surface area contributed by atoms with Crippen molar-refractivity contribution < 1.29 is 9.90 Å². The standard InChI is InChI=1S/C12H12BrClN4O2/c1-6(12(19)20)7(2)18-11(15-16-17-18)9-4-3-8(13)5-10(9)14/h3-7H,1-2H3,(H,19,20). The largest absolute Gasteiger partial charge is 0.481 e. The lowest BCUT2D eigenvalue weighted by Crippen LogP contribution is -2.23. The summed E-state index contributed by atoms with van der Waals surface area (Å²) >= 11 is 9.51. The van der Waals surface area contributed by atoms with Crippen LogP contribution in [0, 0.1) is 5.92 Å². The maximum atomic E-state index is 11.1. The lowest BCUT2D eigenvalue weighted by atomic mass is 10.0. The van der Waals surface area contributed by atoms with E-state index >= 15 is 0 Å². The van der Waals surface area contributed by atoms with Gasteiger partial charge in [0.15, 0.2) is 5.82 Å². The topological polar surface area (TPSA) is 80.9 Å². The van der Waals surface area contributed by atoms with E-state index in [9.17, 15) is 4.79 Å². The van der Waals surface area contributed by atoms with Gasteiger partial charge in [0, 0.05) is 10.0 Å². The Morgan fingerprint density at radius 2 is 2.15 bits per heavy atom. The third kappa shape index (κ3) is 2.83. The van der Waals surface area contributed by atoms with Gasteiger partial charge in [0.05, 0.1) is 17.0 Å². The zero-order chi connectivity index (χ0) is 14.9. The normalized spacial score (nSPS) is 14.0. The predicted octanol–water partition coefficient (Wildman–Crippen LogP) is 3.04. The highest BCUT2D eigenvalue weighted by atomic mass is 79.9. The fraction of sp³-hybridized carbons (Fsp3) is 0.333. The number of aromatic nitrogens is 4. The first-order valence-electron chi connectivity index (χ1n) is 5.88. The summed E-state index contributed by atoms with van der Waals surface area (Å²) in [5.74, 6) is -1.07. The fourth-order valence-electron chi connectivity index (χ4n) is 1.73. The Labute approximate surface area is 128 Å². The van der Waals surface area contributed by atoms with Gasteiger partial charge in [0.1, 0.15) is 0 Å². The maximum absolute atomic E-state index is 11.1. The number of aliphatic carboxylic acids is 1. The molecule has 0 spiro atoms. The molecule has 2 aromatic rings. The van der Waals surface area contributed by atoms with Gasteiger partial charge in [0.25, 0.3) is 0 Å². The summed E-state index contributed by atoms with van der Waals surface area (Å²) in [4.78, 5) is 11.1. The Balaban J connectivity index is 2.45. The average Bonchev–Trinajstić information content (AvgIpc) is 2.85. The molecular formula is C12H12BrClN4O2. The number of tetrazole rings is 1. The molecule has 20 heavy (non-hydrogen) atoms. The monoisotopic (exact) mass is 358 g/mol. The Morgan fingerprint density at radius 1 is 1.45 bits per heavy atom. The molecule has 0 bridgehead atoms. The number of carboxylic acid groups (broad SMARTS) is 1. The predicted molar refractivity (Wildman–Crippen MR) is 77.5 cm³/mol. The molecule has 0 saturated carbocycles. The van der Waals surface area contributed by atoms with E-state index in [1.54, 1.807) is 26.0 Å². The number of hydrogen-bond donors (Lipinski definition) is 1. The van der Waals surface area contributed by atoms with Crippen molar-refractivity contribution in [2.24, 2.45) is 5.92 Å². The molecule has 0 aliphatic rings. The number of carbonyl (C=O) groups is 1. The minimum Gasteiger partial charge on any atom is -0.481 e. The Hall–Kier alpha value is -1.47. The van der Waals surface area contributed by atoms with Crippen LogP contribution in [0.5, 0.6) is 0 Å². The van der Waals surface area contributed by atoms with Crippen molar-refractivity contribution in [2.75, 3.05) is 0 Å². The zero-order valence-electron chi connectivity index (χ0n) is 10.8. The lowest BCUT2D eigenvalue weighted by molar-refractivity contribution is -0.142. The number of benzene rings is 1. The van der Waals surface area contributed by atoms with Crippen molar-refractivity contribution in [3.63, 3.8) is 0 Å². The van der Waals surface area contributed by atoms with E-state index in [0.29, 0.717) is 16.4 Å². The van der Waals surface area contributed by atoms with Crippen LogP contribution < -0.4 is 0 Å². The summed E-state index contributed by atoms with van der Waals surface area (Å²) in [6.07, 6.45) is 0. The molecule has 1 heterocycles. The molecular weight excluding hydrogens is 348 g/mol. The third-order valence-corrected chi connectivity index (χ3v) is 3.97.